The van der Waals surface area contributed by atoms with Crippen LogP contribution in [0.1, 0.15) is 34.8 Å². The van der Waals surface area contributed by atoms with Gasteiger partial charge in [-0.1, -0.05) is 29.8 Å². The number of carbonyl (C=O) groups is 2. The minimum absolute atomic E-state index is 0.282. The molecule has 4 nitrogen and oxygen atoms in total. The summed E-state index contributed by atoms with van der Waals surface area (Å²) in [5.41, 5.74) is 2.76. The molecule has 0 N–H and O–H groups in total. The predicted octanol–water partition coefficient (Wildman–Crippen LogP) is 3.74. The Labute approximate surface area is 136 Å². The van der Waals surface area contributed by atoms with Gasteiger partial charge in [0.05, 0.1) is 6.61 Å². The van der Waals surface area contributed by atoms with E-state index >= 15 is 0 Å². The van der Waals surface area contributed by atoms with Crippen LogP contribution < -0.4 is 9.47 Å². The van der Waals surface area contributed by atoms with Gasteiger partial charge in [0.15, 0.2) is 11.5 Å². The molecule has 0 unspecified atom stereocenters. The Hall–Kier alpha value is -2.62. The lowest BCUT2D eigenvalue weighted by atomic mass is 10.1. The third-order valence-corrected chi connectivity index (χ3v) is 3.37. The van der Waals surface area contributed by atoms with Crippen LogP contribution in [0.4, 0.5) is 0 Å². The fraction of sp³-hybridized carbons (Fsp3) is 0.263. The first-order chi connectivity index (χ1) is 11.1. The van der Waals surface area contributed by atoms with Crippen molar-refractivity contribution in [1.29, 1.82) is 0 Å². The molecule has 0 saturated heterocycles. The van der Waals surface area contributed by atoms with E-state index in [0.29, 0.717) is 30.1 Å². The molecule has 0 bridgehead atoms. The second-order valence-corrected chi connectivity index (χ2v) is 5.22. The molecular formula is C19H20O4. The Morgan fingerprint density at radius 2 is 1.83 bits per heavy atom. The summed E-state index contributed by atoms with van der Waals surface area (Å²) in [4.78, 5) is 22.8. The molecular weight excluding hydrogens is 292 g/mol. The van der Waals surface area contributed by atoms with Crippen LogP contribution in [0.5, 0.6) is 11.5 Å². The maximum Gasteiger partial charge on any atom is 0.311 e. The van der Waals surface area contributed by atoms with E-state index in [1.807, 2.05) is 38.1 Å². The SMILES string of the molecule is CCOc1cc(C=O)ccc1OC(=O)CCc1ccc(C)cc1. The number of rotatable bonds is 7. The van der Waals surface area contributed by atoms with Crippen LogP contribution in [0.3, 0.4) is 0 Å². The van der Waals surface area contributed by atoms with Crippen molar-refractivity contribution in [3.63, 3.8) is 0 Å². The molecule has 0 fully saturated rings. The fourth-order valence-corrected chi connectivity index (χ4v) is 2.13. The van der Waals surface area contributed by atoms with Gasteiger partial charge < -0.3 is 9.47 Å². The molecule has 0 aliphatic rings. The van der Waals surface area contributed by atoms with Gasteiger partial charge in [-0.2, -0.15) is 0 Å². The molecule has 23 heavy (non-hydrogen) atoms. The van der Waals surface area contributed by atoms with Crippen molar-refractivity contribution in [2.75, 3.05) is 6.61 Å². The van der Waals surface area contributed by atoms with Crippen LogP contribution in [-0.2, 0) is 11.2 Å². The van der Waals surface area contributed by atoms with Gasteiger partial charge in [-0.3, -0.25) is 9.59 Å². The van der Waals surface area contributed by atoms with Gasteiger partial charge >= 0.3 is 5.97 Å². The fourth-order valence-electron chi connectivity index (χ4n) is 2.13. The Morgan fingerprint density at radius 1 is 1.09 bits per heavy atom. The topological polar surface area (TPSA) is 52.6 Å². The summed E-state index contributed by atoms with van der Waals surface area (Å²) in [6.45, 7) is 4.28. The van der Waals surface area contributed by atoms with Crippen LogP contribution >= 0.6 is 0 Å². The van der Waals surface area contributed by atoms with Gasteiger partial charge in [0.25, 0.3) is 0 Å². The molecule has 2 aromatic rings. The molecule has 0 atom stereocenters. The molecule has 120 valence electrons. The maximum absolute atomic E-state index is 12.0. The highest BCUT2D eigenvalue weighted by Crippen LogP contribution is 2.28. The lowest BCUT2D eigenvalue weighted by Gasteiger charge is -2.11. The molecule has 0 aliphatic heterocycles. The van der Waals surface area contributed by atoms with Crippen LogP contribution in [0, 0.1) is 6.92 Å². The van der Waals surface area contributed by atoms with E-state index in [4.69, 9.17) is 9.47 Å². The first-order valence-electron chi connectivity index (χ1n) is 7.60. The van der Waals surface area contributed by atoms with E-state index in [-0.39, 0.29) is 12.4 Å². The summed E-state index contributed by atoms with van der Waals surface area (Å²) >= 11 is 0. The van der Waals surface area contributed by atoms with Crippen molar-refractivity contribution in [2.24, 2.45) is 0 Å². The number of hydrogen-bond acceptors (Lipinski definition) is 4. The molecule has 2 aromatic carbocycles. The van der Waals surface area contributed by atoms with Crippen molar-refractivity contribution < 1.29 is 19.1 Å². The average Bonchev–Trinajstić information content (AvgIpc) is 2.56. The zero-order valence-corrected chi connectivity index (χ0v) is 13.4. The first-order valence-corrected chi connectivity index (χ1v) is 7.60. The van der Waals surface area contributed by atoms with Crippen molar-refractivity contribution in [2.45, 2.75) is 26.7 Å². The molecule has 0 heterocycles. The highest BCUT2D eigenvalue weighted by atomic mass is 16.6. The normalized spacial score (nSPS) is 10.2. The van der Waals surface area contributed by atoms with Crippen molar-refractivity contribution in [1.82, 2.24) is 0 Å². The molecule has 4 heteroatoms. The Morgan fingerprint density at radius 3 is 2.48 bits per heavy atom. The third-order valence-electron chi connectivity index (χ3n) is 3.37. The number of benzene rings is 2. The predicted molar refractivity (Wildman–Crippen MR) is 88.1 cm³/mol. The molecule has 0 spiro atoms. The molecule has 0 amide bonds. The molecule has 0 aliphatic carbocycles. The zero-order valence-electron chi connectivity index (χ0n) is 13.4. The van der Waals surface area contributed by atoms with Crippen LogP contribution in [0.25, 0.3) is 0 Å². The van der Waals surface area contributed by atoms with Gasteiger partial charge in [0.1, 0.15) is 6.29 Å². The third kappa shape index (κ3) is 4.95. The zero-order chi connectivity index (χ0) is 16.7. The van der Waals surface area contributed by atoms with E-state index in [0.717, 1.165) is 11.8 Å². The van der Waals surface area contributed by atoms with Crippen molar-refractivity contribution in [3.8, 4) is 11.5 Å². The Balaban J connectivity index is 1.99. The van der Waals surface area contributed by atoms with Crippen molar-refractivity contribution >= 4 is 12.3 Å². The number of carbonyl (C=O) groups excluding carboxylic acids is 2. The number of aryl methyl sites for hydroxylation is 2. The van der Waals surface area contributed by atoms with Crippen LogP contribution in [-0.4, -0.2) is 18.9 Å². The number of aldehydes is 1. The summed E-state index contributed by atoms with van der Waals surface area (Å²) in [6.07, 6.45) is 1.63. The monoisotopic (exact) mass is 312 g/mol. The lowest BCUT2D eigenvalue weighted by Crippen LogP contribution is -2.10. The average molecular weight is 312 g/mol. The summed E-state index contributed by atoms with van der Waals surface area (Å²) in [7, 11) is 0. The van der Waals surface area contributed by atoms with Gasteiger partial charge in [0.2, 0.25) is 0 Å². The summed E-state index contributed by atoms with van der Waals surface area (Å²) < 4.78 is 10.8. The smallest absolute Gasteiger partial charge is 0.311 e. The Bertz CT molecular complexity index is 674. The second kappa shape index (κ2) is 8.13. The highest BCUT2D eigenvalue weighted by molar-refractivity contribution is 5.78. The van der Waals surface area contributed by atoms with Gasteiger partial charge in [-0.05, 0) is 44.0 Å². The summed E-state index contributed by atoms with van der Waals surface area (Å²) in [5, 5.41) is 0. The van der Waals surface area contributed by atoms with E-state index in [9.17, 15) is 9.59 Å². The van der Waals surface area contributed by atoms with Gasteiger partial charge in [0, 0.05) is 12.0 Å². The molecule has 0 saturated carbocycles. The quantitative estimate of drug-likeness (QED) is 0.444. The lowest BCUT2D eigenvalue weighted by molar-refractivity contribution is -0.134. The molecule has 2 rings (SSSR count). The second-order valence-electron chi connectivity index (χ2n) is 5.22. The van der Waals surface area contributed by atoms with Crippen LogP contribution in [0.15, 0.2) is 42.5 Å². The highest BCUT2D eigenvalue weighted by Gasteiger charge is 2.11. The summed E-state index contributed by atoms with van der Waals surface area (Å²) in [6, 6.07) is 12.8. The minimum atomic E-state index is -0.328. The standard InChI is InChI=1S/C19H20O4/c1-3-22-18-12-16(13-20)8-10-17(18)23-19(21)11-9-15-6-4-14(2)5-7-15/h4-8,10,12-13H,3,9,11H2,1-2H3. The van der Waals surface area contributed by atoms with E-state index in [1.54, 1.807) is 18.2 Å². The number of ether oxygens (including phenoxy) is 2. The van der Waals surface area contributed by atoms with E-state index in [2.05, 4.69) is 0 Å². The summed E-state index contributed by atoms with van der Waals surface area (Å²) in [5.74, 6) is 0.414. The molecule has 0 aromatic heterocycles. The van der Waals surface area contributed by atoms with E-state index < -0.39 is 0 Å². The van der Waals surface area contributed by atoms with Crippen molar-refractivity contribution in [3.05, 3.63) is 59.2 Å². The van der Waals surface area contributed by atoms with Gasteiger partial charge in [-0.15, -0.1) is 0 Å². The number of esters is 1. The minimum Gasteiger partial charge on any atom is -0.490 e. The Kier molecular flexibility index (Phi) is 5.92. The first kappa shape index (κ1) is 16.7. The number of hydrogen-bond donors (Lipinski definition) is 0. The molecule has 0 radical (unpaired) electrons. The largest absolute Gasteiger partial charge is 0.490 e. The van der Waals surface area contributed by atoms with Gasteiger partial charge in [-0.25, -0.2) is 0 Å². The van der Waals surface area contributed by atoms with E-state index in [1.165, 1.54) is 5.56 Å². The maximum atomic E-state index is 12.0. The van der Waals surface area contributed by atoms with Crippen LogP contribution in [0.2, 0.25) is 0 Å².